The molecule has 21 heavy (non-hydrogen) atoms. The molecule has 1 aliphatic heterocycles. The van der Waals surface area contributed by atoms with Crippen LogP contribution in [0.5, 0.6) is 0 Å². The van der Waals surface area contributed by atoms with Crippen molar-refractivity contribution in [1.82, 2.24) is 10.4 Å². The van der Waals surface area contributed by atoms with Gasteiger partial charge >= 0.3 is 0 Å². The van der Waals surface area contributed by atoms with E-state index in [0.717, 1.165) is 23.9 Å². The third-order valence-electron chi connectivity index (χ3n) is 3.63. The van der Waals surface area contributed by atoms with E-state index < -0.39 is 0 Å². The molecule has 1 atom stereocenters. The first-order chi connectivity index (χ1) is 10.2. The fourth-order valence-electron chi connectivity index (χ4n) is 2.57. The van der Waals surface area contributed by atoms with Crippen LogP contribution in [0.1, 0.15) is 17.0 Å². The van der Waals surface area contributed by atoms with E-state index >= 15 is 0 Å². The molecule has 0 bridgehead atoms. The van der Waals surface area contributed by atoms with E-state index in [1.54, 1.807) is 0 Å². The zero-order valence-electron chi connectivity index (χ0n) is 12.0. The highest BCUT2D eigenvalue weighted by Gasteiger charge is 2.23. The fraction of sp³-hybridized carbons (Fsp3) is 0.235. The lowest BCUT2D eigenvalue weighted by Gasteiger charge is -2.29. The first-order valence-corrected chi connectivity index (χ1v) is 7.44. The molecule has 0 aliphatic carbocycles. The summed E-state index contributed by atoms with van der Waals surface area (Å²) in [6, 6.07) is 18.4. The van der Waals surface area contributed by atoms with Crippen LogP contribution in [0.2, 0.25) is 5.02 Å². The number of hydrazine groups is 1. The van der Waals surface area contributed by atoms with Crippen molar-refractivity contribution in [3.63, 3.8) is 0 Å². The van der Waals surface area contributed by atoms with E-state index in [2.05, 4.69) is 51.8 Å². The maximum atomic E-state index is 6.02. The average molecular weight is 300 g/mol. The first-order valence-electron chi connectivity index (χ1n) is 7.06. The van der Waals surface area contributed by atoms with Gasteiger partial charge in [-0.3, -0.25) is 4.99 Å². The molecule has 2 aromatic rings. The molecule has 0 amide bonds. The van der Waals surface area contributed by atoms with Gasteiger partial charge in [-0.05, 0) is 23.3 Å². The molecule has 0 fully saturated rings. The van der Waals surface area contributed by atoms with Crippen LogP contribution < -0.4 is 5.43 Å². The van der Waals surface area contributed by atoms with E-state index in [4.69, 9.17) is 11.6 Å². The minimum Gasteiger partial charge on any atom is -0.306 e. The maximum Gasteiger partial charge on any atom is 0.123 e. The van der Waals surface area contributed by atoms with Crippen molar-refractivity contribution in [2.75, 3.05) is 20.1 Å². The summed E-state index contributed by atoms with van der Waals surface area (Å²) in [7, 11) is 2.04. The van der Waals surface area contributed by atoms with Gasteiger partial charge in [-0.1, -0.05) is 54.1 Å². The Balaban J connectivity index is 2.03. The Morgan fingerprint density at radius 2 is 1.71 bits per heavy atom. The molecule has 1 N–H and O–H groups in total. The summed E-state index contributed by atoms with van der Waals surface area (Å²) >= 11 is 6.02. The number of hydrogen-bond donors (Lipinski definition) is 1. The van der Waals surface area contributed by atoms with Crippen LogP contribution in [-0.4, -0.2) is 31.0 Å². The zero-order valence-corrected chi connectivity index (χ0v) is 12.7. The molecule has 3 nitrogen and oxygen atoms in total. The molecule has 0 aromatic heterocycles. The average Bonchev–Trinajstić information content (AvgIpc) is 2.51. The van der Waals surface area contributed by atoms with Gasteiger partial charge < -0.3 is 5.43 Å². The molecule has 1 aliphatic rings. The number of nitrogens with one attached hydrogen (secondary N) is 1. The zero-order chi connectivity index (χ0) is 14.7. The molecule has 4 heteroatoms. The molecule has 108 valence electrons. The van der Waals surface area contributed by atoms with Gasteiger partial charge in [0, 0.05) is 18.6 Å². The van der Waals surface area contributed by atoms with Crippen LogP contribution in [0.3, 0.4) is 0 Å². The molecule has 2 aromatic carbocycles. The normalized spacial score (nSPS) is 17.0. The minimum absolute atomic E-state index is 0.103. The molecule has 3 rings (SSSR count). The summed E-state index contributed by atoms with van der Waals surface area (Å²) in [4.78, 5) is 4.69. The second-order valence-corrected chi connectivity index (χ2v) is 5.63. The highest BCUT2D eigenvalue weighted by atomic mass is 35.5. The smallest absolute Gasteiger partial charge is 0.123 e. The van der Waals surface area contributed by atoms with Gasteiger partial charge in [0.2, 0.25) is 0 Å². The highest BCUT2D eigenvalue weighted by Crippen LogP contribution is 2.27. The molecule has 0 saturated carbocycles. The van der Waals surface area contributed by atoms with Gasteiger partial charge in [0.1, 0.15) is 5.84 Å². The lowest BCUT2D eigenvalue weighted by Crippen LogP contribution is -2.47. The van der Waals surface area contributed by atoms with Crippen molar-refractivity contribution in [3.8, 4) is 0 Å². The number of amidine groups is 1. The number of hydrogen-bond acceptors (Lipinski definition) is 3. The topological polar surface area (TPSA) is 27.6 Å². The lowest BCUT2D eigenvalue weighted by molar-refractivity contribution is 0.284. The maximum absolute atomic E-state index is 6.02. The number of rotatable bonds is 3. The van der Waals surface area contributed by atoms with Gasteiger partial charge in [-0.15, -0.1) is 0 Å². The molecular weight excluding hydrogens is 282 g/mol. The van der Waals surface area contributed by atoms with Crippen LogP contribution in [-0.2, 0) is 0 Å². The van der Waals surface area contributed by atoms with Crippen LogP contribution in [0.4, 0.5) is 0 Å². The largest absolute Gasteiger partial charge is 0.306 e. The van der Waals surface area contributed by atoms with Crippen molar-refractivity contribution >= 4 is 17.4 Å². The Labute approximate surface area is 130 Å². The molecule has 0 saturated heterocycles. The second kappa shape index (κ2) is 6.29. The molecule has 0 radical (unpaired) electrons. The van der Waals surface area contributed by atoms with Crippen molar-refractivity contribution < 1.29 is 0 Å². The molecular formula is C17H18ClN3. The van der Waals surface area contributed by atoms with Gasteiger partial charge in [0.05, 0.1) is 12.5 Å². The number of benzene rings is 2. The number of nitrogens with zero attached hydrogens (tertiary/aromatic N) is 2. The number of likely N-dealkylation sites (N-methyl/N-ethyl adjacent to an activating group) is 1. The second-order valence-electron chi connectivity index (χ2n) is 5.20. The number of halogens is 1. The highest BCUT2D eigenvalue weighted by molar-refractivity contribution is 6.30. The van der Waals surface area contributed by atoms with Crippen molar-refractivity contribution in [1.29, 1.82) is 0 Å². The summed E-state index contributed by atoms with van der Waals surface area (Å²) in [5.74, 6) is 1.09. The lowest BCUT2D eigenvalue weighted by atomic mass is 9.90. The molecule has 1 heterocycles. The Morgan fingerprint density at radius 3 is 2.38 bits per heavy atom. The van der Waals surface area contributed by atoms with Crippen molar-refractivity contribution in [3.05, 3.63) is 70.7 Å². The number of aliphatic imine (C=N–C) groups is 1. The van der Waals surface area contributed by atoms with E-state index in [0.29, 0.717) is 0 Å². The minimum atomic E-state index is 0.103. The fourth-order valence-corrected chi connectivity index (χ4v) is 2.70. The Bertz CT molecular complexity index is 622. The predicted molar refractivity (Wildman–Crippen MR) is 87.8 cm³/mol. The van der Waals surface area contributed by atoms with Crippen LogP contribution >= 0.6 is 11.6 Å². The Morgan fingerprint density at radius 1 is 1.05 bits per heavy atom. The van der Waals surface area contributed by atoms with Gasteiger partial charge in [-0.25, -0.2) is 5.01 Å². The Hall–Kier alpha value is -1.84. The summed E-state index contributed by atoms with van der Waals surface area (Å²) in [5.41, 5.74) is 5.79. The molecule has 1 unspecified atom stereocenters. The monoisotopic (exact) mass is 299 g/mol. The van der Waals surface area contributed by atoms with E-state index in [1.165, 1.54) is 11.1 Å². The van der Waals surface area contributed by atoms with Crippen molar-refractivity contribution in [2.45, 2.75) is 5.92 Å². The van der Waals surface area contributed by atoms with E-state index in [1.807, 2.05) is 25.2 Å². The summed E-state index contributed by atoms with van der Waals surface area (Å²) in [5, 5.41) is 2.83. The Kier molecular flexibility index (Phi) is 4.23. The SMILES string of the molecule is CN1CCN=C(C(c2ccccc2)c2ccc(Cl)cc2)N1. The summed E-state index contributed by atoms with van der Waals surface area (Å²) in [6.07, 6.45) is 0. The summed E-state index contributed by atoms with van der Waals surface area (Å²) < 4.78 is 0. The van der Waals surface area contributed by atoms with Crippen LogP contribution in [0.25, 0.3) is 0 Å². The third-order valence-corrected chi connectivity index (χ3v) is 3.88. The van der Waals surface area contributed by atoms with E-state index in [9.17, 15) is 0 Å². The first kappa shape index (κ1) is 14.1. The van der Waals surface area contributed by atoms with Gasteiger partial charge in [0.15, 0.2) is 0 Å². The van der Waals surface area contributed by atoms with Crippen molar-refractivity contribution in [2.24, 2.45) is 4.99 Å². The standard InChI is InChI=1S/C17H18ClN3/c1-21-12-11-19-17(20-21)16(13-5-3-2-4-6-13)14-7-9-15(18)10-8-14/h2-10,16H,11-12H2,1H3,(H,19,20). The predicted octanol–water partition coefficient (Wildman–Crippen LogP) is 3.32. The molecule has 0 spiro atoms. The van der Waals surface area contributed by atoms with Crippen LogP contribution in [0.15, 0.2) is 59.6 Å². The third kappa shape index (κ3) is 3.26. The van der Waals surface area contributed by atoms with Gasteiger partial charge in [-0.2, -0.15) is 0 Å². The van der Waals surface area contributed by atoms with Gasteiger partial charge in [0.25, 0.3) is 0 Å². The van der Waals surface area contributed by atoms with Crippen LogP contribution in [0, 0.1) is 0 Å². The quantitative estimate of drug-likeness (QED) is 0.941. The summed E-state index contributed by atoms with van der Waals surface area (Å²) in [6.45, 7) is 1.74. The van der Waals surface area contributed by atoms with E-state index in [-0.39, 0.29) is 5.92 Å².